The van der Waals surface area contributed by atoms with Gasteiger partial charge in [-0.15, -0.1) is 0 Å². The molecule has 1 unspecified atom stereocenters. The van der Waals surface area contributed by atoms with Crippen molar-refractivity contribution in [3.05, 3.63) is 29.8 Å². The number of hydrogen-bond donors (Lipinski definition) is 2. The Morgan fingerprint density at radius 3 is 3.00 bits per heavy atom. The van der Waals surface area contributed by atoms with E-state index in [2.05, 4.69) is 20.8 Å². The summed E-state index contributed by atoms with van der Waals surface area (Å²) in [7, 11) is 0. The molecule has 0 aliphatic carbocycles. The zero-order chi connectivity index (χ0) is 14.5. The number of nitrogens with one attached hydrogen (secondary N) is 2. The van der Waals surface area contributed by atoms with Crippen LogP contribution in [0.1, 0.15) is 12.0 Å². The van der Waals surface area contributed by atoms with Crippen LogP contribution in [-0.4, -0.2) is 42.5 Å². The van der Waals surface area contributed by atoms with E-state index >= 15 is 0 Å². The third kappa shape index (κ3) is 3.80. The molecular formula is C15H20N4O2. The van der Waals surface area contributed by atoms with E-state index in [1.165, 1.54) is 5.56 Å². The van der Waals surface area contributed by atoms with Crippen molar-refractivity contribution in [1.29, 1.82) is 0 Å². The molecule has 2 aromatic rings. The maximum absolute atomic E-state index is 5.71. The summed E-state index contributed by atoms with van der Waals surface area (Å²) in [6, 6.07) is 8.46. The maximum Gasteiger partial charge on any atom is 0.321 e. The van der Waals surface area contributed by atoms with E-state index in [4.69, 9.17) is 9.26 Å². The van der Waals surface area contributed by atoms with Gasteiger partial charge in [-0.1, -0.05) is 35.0 Å². The van der Waals surface area contributed by atoms with Gasteiger partial charge in [0.15, 0.2) is 0 Å². The number of rotatable bonds is 6. The van der Waals surface area contributed by atoms with Crippen molar-refractivity contribution in [3.8, 4) is 11.4 Å². The lowest BCUT2D eigenvalue weighted by Gasteiger charge is -2.09. The third-order valence-electron chi connectivity index (χ3n) is 3.48. The summed E-state index contributed by atoms with van der Waals surface area (Å²) in [6.07, 6.45) is 1.41. The van der Waals surface area contributed by atoms with E-state index in [9.17, 15) is 0 Å². The molecule has 1 aliphatic rings. The highest BCUT2D eigenvalue weighted by Gasteiger charge is 2.14. The molecule has 1 aromatic carbocycles. The maximum atomic E-state index is 5.71. The van der Waals surface area contributed by atoms with Crippen molar-refractivity contribution >= 4 is 6.01 Å². The van der Waals surface area contributed by atoms with Crippen LogP contribution in [0.4, 0.5) is 6.01 Å². The van der Waals surface area contributed by atoms with Gasteiger partial charge in [-0.25, -0.2) is 0 Å². The predicted molar refractivity (Wildman–Crippen MR) is 80.2 cm³/mol. The smallest absolute Gasteiger partial charge is 0.321 e. The molecule has 0 bridgehead atoms. The summed E-state index contributed by atoms with van der Waals surface area (Å²) in [4.78, 5) is 4.32. The zero-order valence-electron chi connectivity index (χ0n) is 12.1. The highest BCUT2D eigenvalue weighted by Crippen LogP contribution is 2.17. The normalized spacial score (nSPS) is 18.0. The van der Waals surface area contributed by atoms with Crippen molar-refractivity contribution in [2.45, 2.75) is 19.4 Å². The molecule has 1 aliphatic heterocycles. The lowest BCUT2D eigenvalue weighted by atomic mass is 10.1. The monoisotopic (exact) mass is 288 g/mol. The molecule has 2 N–H and O–H groups in total. The molecular weight excluding hydrogens is 268 g/mol. The van der Waals surface area contributed by atoms with Gasteiger partial charge in [0, 0.05) is 18.7 Å². The second-order valence-corrected chi connectivity index (χ2v) is 5.20. The molecule has 6 nitrogen and oxygen atoms in total. The number of anilines is 1. The van der Waals surface area contributed by atoms with Crippen LogP contribution in [0.25, 0.3) is 11.4 Å². The summed E-state index contributed by atoms with van der Waals surface area (Å²) >= 11 is 0. The Kier molecular flexibility index (Phi) is 4.47. The van der Waals surface area contributed by atoms with Crippen LogP contribution < -0.4 is 10.6 Å². The molecule has 0 radical (unpaired) electrons. The average Bonchev–Trinajstić information content (AvgIpc) is 3.16. The van der Waals surface area contributed by atoms with Crippen LogP contribution in [0.2, 0.25) is 0 Å². The van der Waals surface area contributed by atoms with Crippen LogP contribution in [0.3, 0.4) is 0 Å². The Labute approximate surface area is 123 Å². The van der Waals surface area contributed by atoms with E-state index in [0.717, 1.165) is 25.1 Å². The van der Waals surface area contributed by atoms with Crippen molar-refractivity contribution in [2.24, 2.45) is 0 Å². The average molecular weight is 288 g/mol. The van der Waals surface area contributed by atoms with Crippen molar-refractivity contribution in [2.75, 3.05) is 31.6 Å². The molecule has 6 heteroatoms. The molecule has 112 valence electrons. The summed E-state index contributed by atoms with van der Waals surface area (Å²) in [6.45, 7) is 5.33. The van der Waals surface area contributed by atoms with E-state index in [1.807, 2.05) is 31.2 Å². The molecule has 0 amide bonds. The summed E-state index contributed by atoms with van der Waals surface area (Å²) < 4.78 is 10.9. The number of nitrogens with zero attached hydrogens (tertiary/aromatic N) is 2. The topological polar surface area (TPSA) is 72.2 Å². The van der Waals surface area contributed by atoms with Crippen molar-refractivity contribution in [1.82, 2.24) is 15.5 Å². The van der Waals surface area contributed by atoms with Gasteiger partial charge < -0.3 is 19.9 Å². The number of benzene rings is 1. The zero-order valence-corrected chi connectivity index (χ0v) is 12.1. The Morgan fingerprint density at radius 2 is 2.24 bits per heavy atom. The van der Waals surface area contributed by atoms with Crippen LogP contribution in [0.15, 0.2) is 28.8 Å². The fourth-order valence-corrected chi connectivity index (χ4v) is 2.27. The minimum atomic E-state index is 0.331. The summed E-state index contributed by atoms with van der Waals surface area (Å²) in [5.41, 5.74) is 2.16. The summed E-state index contributed by atoms with van der Waals surface area (Å²) in [5.74, 6) is 0.596. The van der Waals surface area contributed by atoms with Crippen molar-refractivity contribution < 1.29 is 9.26 Å². The highest BCUT2D eigenvalue weighted by molar-refractivity contribution is 5.55. The Morgan fingerprint density at radius 1 is 1.38 bits per heavy atom. The Hall–Kier alpha value is -1.92. The van der Waals surface area contributed by atoms with Crippen molar-refractivity contribution in [3.63, 3.8) is 0 Å². The number of aryl methyl sites for hydroxylation is 1. The quantitative estimate of drug-likeness (QED) is 0.790. The van der Waals surface area contributed by atoms with Gasteiger partial charge >= 0.3 is 6.01 Å². The fraction of sp³-hybridized carbons (Fsp3) is 0.467. The van der Waals surface area contributed by atoms with Gasteiger partial charge in [-0.2, -0.15) is 4.98 Å². The van der Waals surface area contributed by atoms with Gasteiger partial charge in [0.1, 0.15) is 0 Å². The first kappa shape index (κ1) is 14.0. The van der Waals surface area contributed by atoms with E-state index in [1.54, 1.807) is 0 Å². The van der Waals surface area contributed by atoms with E-state index < -0.39 is 0 Å². The van der Waals surface area contributed by atoms with Crippen LogP contribution in [0.5, 0.6) is 0 Å². The van der Waals surface area contributed by atoms with Gasteiger partial charge in [0.25, 0.3) is 0 Å². The first-order chi connectivity index (χ1) is 10.3. The molecule has 2 heterocycles. The minimum absolute atomic E-state index is 0.331. The fourth-order valence-electron chi connectivity index (χ4n) is 2.27. The molecule has 21 heavy (non-hydrogen) atoms. The standard InChI is InChI=1S/C15H20N4O2/c1-11-2-4-12(5-3-11)14-18-15(21-19-14)17-8-9-20-13-6-7-16-10-13/h2-5,13,16H,6-10H2,1H3,(H,17,18,19). The van der Waals surface area contributed by atoms with Crippen LogP contribution in [-0.2, 0) is 4.74 Å². The van der Waals surface area contributed by atoms with Crippen LogP contribution in [0, 0.1) is 6.92 Å². The first-order valence-electron chi connectivity index (χ1n) is 7.28. The number of ether oxygens (including phenoxy) is 1. The SMILES string of the molecule is Cc1ccc(-c2noc(NCCOC3CCNC3)n2)cc1. The molecule has 3 rings (SSSR count). The first-order valence-corrected chi connectivity index (χ1v) is 7.28. The molecule has 1 fully saturated rings. The lowest BCUT2D eigenvalue weighted by Crippen LogP contribution is -2.20. The van der Waals surface area contributed by atoms with E-state index in [0.29, 0.717) is 31.1 Å². The number of aromatic nitrogens is 2. The second kappa shape index (κ2) is 6.69. The third-order valence-corrected chi connectivity index (χ3v) is 3.48. The Balaban J connectivity index is 1.47. The molecule has 1 saturated heterocycles. The number of hydrogen-bond acceptors (Lipinski definition) is 6. The molecule has 0 spiro atoms. The second-order valence-electron chi connectivity index (χ2n) is 5.20. The molecule has 1 aromatic heterocycles. The lowest BCUT2D eigenvalue weighted by molar-refractivity contribution is 0.0745. The van der Waals surface area contributed by atoms with Gasteiger partial charge in [-0.3, -0.25) is 0 Å². The Bertz CT molecular complexity index is 561. The van der Waals surface area contributed by atoms with Crippen LogP contribution >= 0.6 is 0 Å². The predicted octanol–water partition coefficient (Wildman–Crippen LogP) is 1.84. The molecule has 0 saturated carbocycles. The highest BCUT2D eigenvalue weighted by atomic mass is 16.5. The van der Waals surface area contributed by atoms with Gasteiger partial charge in [0.2, 0.25) is 5.82 Å². The summed E-state index contributed by atoms with van der Waals surface area (Å²) in [5, 5.41) is 10.3. The minimum Gasteiger partial charge on any atom is -0.375 e. The largest absolute Gasteiger partial charge is 0.375 e. The van der Waals surface area contributed by atoms with Gasteiger partial charge in [-0.05, 0) is 19.9 Å². The van der Waals surface area contributed by atoms with E-state index in [-0.39, 0.29) is 0 Å². The van der Waals surface area contributed by atoms with Gasteiger partial charge in [0.05, 0.1) is 12.7 Å². The molecule has 1 atom stereocenters.